The quantitative estimate of drug-likeness (QED) is 0.704. The van der Waals surface area contributed by atoms with Crippen LogP contribution in [-0.2, 0) is 9.59 Å². The van der Waals surface area contributed by atoms with Crippen LogP contribution in [0.1, 0.15) is 39.0 Å². The molecule has 3 nitrogen and oxygen atoms in total. The molecule has 0 heterocycles. The van der Waals surface area contributed by atoms with Crippen molar-refractivity contribution < 1.29 is 14.7 Å². The van der Waals surface area contributed by atoms with E-state index < -0.39 is 11.9 Å². The monoisotopic (exact) mass is 198 g/mol. The maximum atomic E-state index is 10.9. The first-order chi connectivity index (χ1) is 6.65. The summed E-state index contributed by atoms with van der Waals surface area (Å²) in [6.07, 6.45) is 5.05. The van der Waals surface area contributed by atoms with Gasteiger partial charge in [-0.3, -0.25) is 4.79 Å². The first kappa shape index (κ1) is 11.2. The Morgan fingerprint density at radius 3 is 2.43 bits per heavy atom. The van der Waals surface area contributed by atoms with Crippen LogP contribution >= 0.6 is 0 Å². The summed E-state index contributed by atoms with van der Waals surface area (Å²) in [4.78, 5) is 21.3. The van der Waals surface area contributed by atoms with Crippen LogP contribution in [0.25, 0.3) is 0 Å². The molecule has 0 aromatic rings. The first-order valence-corrected chi connectivity index (χ1v) is 5.31. The van der Waals surface area contributed by atoms with E-state index in [0.29, 0.717) is 0 Å². The molecule has 14 heavy (non-hydrogen) atoms. The highest BCUT2D eigenvalue weighted by Gasteiger charge is 2.30. The molecule has 0 aliphatic heterocycles. The Balaban J connectivity index is 2.51. The number of carboxylic acids is 1. The Morgan fingerprint density at radius 1 is 1.43 bits per heavy atom. The number of aliphatic carboxylic acids is 1. The molecule has 0 bridgehead atoms. The van der Waals surface area contributed by atoms with Gasteiger partial charge in [0.2, 0.25) is 0 Å². The zero-order valence-corrected chi connectivity index (χ0v) is 8.61. The van der Waals surface area contributed by atoms with Gasteiger partial charge < -0.3 is 9.90 Å². The average molecular weight is 198 g/mol. The number of hydrogen-bond donors (Lipinski definition) is 1. The highest BCUT2D eigenvalue weighted by molar-refractivity contribution is 5.73. The van der Waals surface area contributed by atoms with Gasteiger partial charge in [-0.2, -0.15) is 0 Å². The molecule has 0 amide bonds. The fourth-order valence-electron chi connectivity index (χ4n) is 2.29. The summed E-state index contributed by atoms with van der Waals surface area (Å²) >= 11 is 0. The van der Waals surface area contributed by atoms with Gasteiger partial charge in [0, 0.05) is 6.42 Å². The Bertz CT molecular complexity index is 205. The third-order valence-corrected chi connectivity index (χ3v) is 3.30. The molecule has 1 atom stereocenters. The second-order valence-electron chi connectivity index (χ2n) is 4.37. The van der Waals surface area contributed by atoms with Crippen LogP contribution in [0.5, 0.6) is 0 Å². The highest BCUT2D eigenvalue weighted by atomic mass is 16.4. The van der Waals surface area contributed by atoms with Crippen molar-refractivity contribution in [2.75, 3.05) is 0 Å². The van der Waals surface area contributed by atoms with Gasteiger partial charge >= 0.3 is 5.97 Å². The molecule has 0 aromatic carbocycles. The second kappa shape index (κ2) is 5.13. The number of hydrogen-bond acceptors (Lipinski definition) is 2. The van der Waals surface area contributed by atoms with E-state index in [1.54, 1.807) is 0 Å². The van der Waals surface area contributed by atoms with Crippen molar-refractivity contribution in [2.24, 2.45) is 17.8 Å². The van der Waals surface area contributed by atoms with E-state index in [4.69, 9.17) is 5.11 Å². The molecule has 1 saturated carbocycles. The fourth-order valence-corrected chi connectivity index (χ4v) is 2.29. The Kier molecular flexibility index (Phi) is 4.11. The van der Waals surface area contributed by atoms with Crippen LogP contribution in [0.4, 0.5) is 0 Å². The van der Waals surface area contributed by atoms with Crippen LogP contribution in [0, 0.1) is 17.8 Å². The van der Waals surface area contributed by atoms with E-state index in [2.05, 4.69) is 6.92 Å². The van der Waals surface area contributed by atoms with E-state index in [0.717, 1.165) is 37.9 Å². The van der Waals surface area contributed by atoms with Crippen molar-refractivity contribution >= 4 is 12.3 Å². The summed E-state index contributed by atoms with van der Waals surface area (Å²) in [5, 5.41) is 8.96. The summed E-state index contributed by atoms with van der Waals surface area (Å²) in [5.41, 5.74) is 0. The number of carbonyl (C=O) groups is 2. The molecule has 0 spiro atoms. The molecule has 80 valence electrons. The highest BCUT2D eigenvalue weighted by Crippen LogP contribution is 2.34. The topological polar surface area (TPSA) is 54.4 Å². The molecule has 1 unspecified atom stereocenters. The van der Waals surface area contributed by atoms with Gasteiger partial charge in [0.15, 0.2) is 0 Å². The van der Waals surface area contributed by atoms with E-state index in [9.17, 15) is 9.59 Å². The summed E-state index contributed by atoms with van der Waals surface area (Å²) in [6.45, 7) is 2.20. The first-order valence-electron chi connectivity index (χ1n) is 5.31. The van der Waals surface area contributed by atoms with Crippen LogP contribution in [0.15, 0.2) is 0 Å². The molecule has 0 aromatic heterocycles. The predicted octanol–water partition coefficient (Wildman–Crippen LogP) is 2.10. The number of carbonyl (C=O) groups excluding carboxylic acids is 1. The standard InChI is InChI=1S/C11H18O3/c1-8-2-4-9(5-3-8)10(6-7-12)11(13)14/h7-10H,2-6H2,1H3,(H,13,14). The van der Waals surface area contributed by atoms with Gasteiger partial charge in [0.05, 0.1) is 5.92 Å². The Hall–Kier alpha value is -0.860. The number of aldehydes is 1. The molecule has 0 radical (unpaired) electrons. The SMILES string of the molecule is CC1CCC(C(CC=O)C(=O)O)CC1. The lowest BCUT2D eigenvalue weighted by Crippen LogP contribution is -2.27. The predicted molar refractivity (Wildman–Crippen MR) is 52.9 cm³/mol. The summed E-state index contributed by atoms with van der Waals surface area (Å²) < 4.78 is 0. The van der Waals surface area contributed by atoms with Crippen LogP contribution in [-0.4, -0.2) is 17.4 Å². The average Bonchev–Trinajstić information content (AvgIpc) is 2.15. The summed E-state index contributed by atoms with van der Waals surface area (Å²) in [5.74, 6) is -0.317. The minimum Gasteiger partial charge on any atom is -0.481 e. The van der Waals surface area contributed by atoms with Crippen molar-refractivity contribution in [2.45, 2.75) is 39.0 Å². The lowest BCUT2D eigenvalue weighted by Gasteiger charge is -2.29. The van der Waals surface area contributed by atoms with E-state index in [-0.39, 0.29) is 12.3 Å². The fraction of sp³-hybridized carbons (Fsp3) is 0.818. The lowest BCUT2D eigenvalue weighted by atomic mass is 9.75. The van der Waals surface area contributed by atoms with Crippen molar-refractivity contribution in [1.82, 2.24) is 0 Å². The van der Waals surface area contributed by atoms with Gasteiger partial charge in [0.25, 0.3) is 0 Å². The number of rotatable bonds is 4. The molecule has 1 N–H and O–H groups in total. The smallest absolute Gasteiger partial charge is 0.307 e. The zero-order valence-electron chi connectivity index (χ0n) is 8.61. The van der Waals surface area contributed by atoms with Crippen LogP contribution in [0.2, 0.25) is 0 Å². The molecule has 0 saturated heterocycles. The third-order valence-electron chi connectivity index (χ3n) is 3.30. The van der Waals surface area contributed by atoms with Crippen LogP contribution in [0.3, 0.4) is 0 Å². The minimum absolute atomic E-state index is 0.175. The van der Waals surface area contributed by atoms with E-state index in [1.165, 1.54) is 0 Å². The van der Waals surface area contributed by atoms with Crippen molar-refractivity contribution in [3.8, 4) is 0 Å². The van der Waals surface area contributed by atoms with Gasteiger partial charge in [0.1, 0.15) is 6.29 Å². The van der Waals surface area contributed by atoms with Crippen molar-refractivity contribution in [3.05, 3.63) is 0 Å². The molecule has 1 fully saturated rings. The largest absolute Gasteiger partial charge is 0.481 e. The Labute approximate surface area is 84.5 Å². The molecular weight excluding hydrogens is 180 g/mol. The van der Waals surface area contributed by atoms with Crippen molar-refractivity contribution in [1.29, 1.82) is 0 Å². The number of carboxylic acid groups (broad SMARTS) is 1. The van der Waals surface area contributed by atoms with Gasteiger partial charge in [-0.25, -0.2) is 0 Å². The Morgan fingerprint density at radius 2 is 2.00 bits per heavy atom. The van der Waals surface area contributed by atoms with Crippen LogP contribution < -0.4 is 0 Å². The maximum Gasteiger partial charge on any atom is 0.307 e. The maximum absolute atomic E-state index is 10.9. The summed E-state index contributed by atoms with van der Waals surface area (Å²) in [6, 6.07) is 0. The zero-order chi connectivity index (χ0) is 10.6. The summed E-state index contributed by atoms with van der Waals surface area (Å²) in [7, 11) is 0. The molecular formula is C11H18O3. The van der Waals surface area contributed by atoms with E-state index in [1.807, 2.05) is 0 Å². The lowest BCUT2D eigenvalue weighted by molar-refractivity contribution is -0.145. The minimum atomic E-state index is -0.809. The second-order valence-corrected chi connectivity index (χ2v) is 4.37. The molecule has 3 heteroatoms. The molecule has 1 rings (SSSR count). The molecule has 1 aliphatic rings. The van der Waals surface area contributed by atoms with Gasteiger partial charge in [-0.05, 0) is 24.7 Å². The van der Waals surface area contributed by atoms with E-state index >= 15 is 0 Å². The van der Waals surface area contributed by atoms with Gasteiger partial charge in [-0.15, -0.1) is 0 Å². The molecule has 1 aliphatic carbocycles. The van der Waals surface area contributed by atoms with Gasteiger partial charge in [-0.1, -0.05) is 19.8 Å². The third kappa shape index (κ3) is 2.82. The van der Waals surface area contributed by atoms with Crippen molar-refractivity contribution in [3.63, 3.8) is 0 Å². The normalized spacial score (nSPS) is 29.5.